The van der Waals surface area contributed by atoms with Crippen LogP contribution in [-0.2, 0) is 17.6 Å². The third kappa shape index (κ3) is 3.27. The molecule has 1 amide bonds. The van der Waals surface area contributed by atoms with Gasteiger partial charge in [0.25, 0.3) is 0 Å². The fraction of sp³-hybridized carbons (Fsp3) is 0.278. The number of nitrogens with zero attached hydrogens (tertiary/aromatic N) is 1. The Morgan fingerprint density at radius 3 is 2.67 bits per heavy atom. The molecule has 0 radical (unpaired) electrons. The maximum absolute atomic E-state index is 12.5. The van der Waals surface area contributed by atoms with Gasteiger partial charge in [-0.3, -0.25) is 4.79 Å². The Bertz CT molecular complexity index is 636. The van der Waals surface area contributed by atoms with E-state index in [4.69, 9.17) is 11.6 Å². The van der Waals surface area contributed by atoms with E-state index in [1.807, 2.05) is 41.3 Å². The molecular weight excluding hydrogens is 282 g/mol. The number of benzene rings is 2. The maximum atomic E-state index is 12.5. The van der Waals surface area contributed by atoms with E-state index in [9.17, 15) is 4.79 Å². The summed E-state index contributed by atoms with van der Waals surface area (Å²) in [6.07, 6.45) is 3.41. The minimum absolute atomic E-state index is 0.206. The van der Waals surface area contributed by atoms with Crippen LogP contribution in [0.5, 0.6) is 0 Å². The molecule has 2 aromatic carbocycles. The average molecular weight is 300 g/mol. The summed E-state index contributed by atoms with van der Waals surface area (Å²) in [5.74, 6) is 0.206. The predicted octanol–water partition coefficient (Wildman–Crippen LogP) is 4.25. The summed E-state index contributed by atoms with van der Waals surface area (Å²) in [7, 11) is 0. The first-order valence-corrected chi connectivity index (χ1v) is 7.74. The van der Waals surface area contributed by atoms with Crippen molar-refractivity contribution in [3.05, 3.63) is 64.7 Å². The van der Waals surface area contributed by atoms with Gasteiger partial charge >= 0.3 is 0 Å². The van der Waals surface area contributed by atoms with Crippen molar-refractivity contribution in [1.82, 2.24) is 0 Å². The summed E-state index contributed by atoms with van der Waals surface area (Å²) in [5, 5.41) is 0.732. The summed E-state index contributed by atoms with van der Waals surface area (Å²) >= 11 is 5.88. The van der Waals surface area contributed by atoms with E-state index in [1.165, 1.54) is 5.56 Å². The lowest BCUT2D eigenvalue weighted by atomic mass is 10.0. The van der Waals surface area contributed by atoms with Crippen LogP contribution < -0.4 is 4.90 Å². The maximum Gasteiger partial charge on any atom is 0.227 e. The average Bonchev–Trinajstić information content (AvgIpc) is 2.53. The second-order valence-electron chi connectivity index (χ2n) is 5.40. The molecule has 0 fully saturated rings. The quantitative estimate of drug-likeness (QED) is 0.829. The van der Waals surface area contributed by atoms with Gasteiger partial charge in [0.15, 0.2) is 0 Å². The van der Waals surface area contributed by atoms with Crippen LogP contribution in [0.1, 0.15) is 24.0 Å². The summed E-state index contributed by atoms with van der Waals surface area (Å²) < 4.78 is 0. The zero-order valence-electron chi connectivity index (χ0n) is 11.9. The number of anilines is 1. The molecule has 0 saturated heterocycles. The third-order valence-electron chi connectivity index (χ3n) is 3.95. The topological polar surface area (TPSA) is 20.3 Å². The molecule has 0 saturated carbocycles. The molecule has 0 aliphatic carbocycles. The van der Waals surface area contributed by atoms with Crippen molar-refractivity contribution in [2.24, 2.45) is 0 Å². The lowest BCUT2D eigenvalue weighted by molar-refractivity contribution is -0.118. The second-order valence-corrected chi connectivity index (χ2v) is 5.84. The van der Waals surface area contributed by atoms with Gasteiger partial charge < -0.3 is 4.90 Å². The van der Waals surface area contributed by atoms with Gasteiger partial charge in [-0.1, -0.05) is 41.9 Å². The number of para-hydroxylation sites is 1. The van der Waals surface area contributed by atoms with Gasteiger partial charge in [0, 0.05) is 23.7 Å². The highest BCUT2D eigenvalue weighted by molar-refractivity contribution is 6.30. The smallest absolute Gasteiger partial charge is 0.227 e. The van der Waals surface area contributed by atoms with Crippen LogP contribution in [-0.4, -0.2) is 12.5 Å². The zero-order chi connectivity index (χ0) is 14.7. The minimum Gasteiger partial charge on any atom is -0.312 e. The Morgan fingerprint density at radius 1 is 1.10 bits per heavy atom. The molecule has 0 aromatic heterocycles. The van der Waals surface area contributed by atoms with E-state index >= 15 is 0 Å². The zero-order valence-corrected chi connectivity index (χ0v) is 12.6. The van der Waals surface area contributed by atoms with Crippen LogP contribution in [0.3, 0.4) is 0 Å². The standard InChI is InChI=1S/C18H18ClNO/c19-16-10-7-14(8-11-16)9-12-18(21)20-13-3-5-15-4-1-2-6-17(15)20/h1-2,4,6-8,10-11H,3,5,9,12-13H2. The first kappa shape index (κ1) is 14.2. The number of carbonyl (C=O) groups excluding carboxylic acids is 1. The fourth-order valence-electron chi connectivity index (χ4n) is 2.83. The van der Waals surface area contributed by atoms with E-state index in [0.29, 0.717) is 6.42 Å². The molecule has 0 atom stereocenters. The number of halogens is 1. The molecule has 1 aliphatic heterocycles. The molecule has 2 nitrogen and oxygen atoms in total. The molecule has 108 valence electrons. The van der Waals surface area contributed by atoms with Crippen molar-refractivity contribution in [2.45, 2.75) is 25.7 Å². The Balaban J connectivity index is 1.68. The summed E-state index contributed by atoms with van der Waals surface area (Å²) in [4.78, 5) is 14.4. The lowest BCUT2D eigenvalue weighted by Gasteiger charge is -2.29. The molecule has 0 unspecified atom stereocenters. The van der Waals surface area contributed by atoms with Crippen LogP contribution in [0.2, 0.25) is 5.02 Å². The highest BCUT2D eigenvalue weighted by Crippen LogP contribution is 2.27. The van der Waals surface area contributed by atoms with Gasteiger partial charge in [0.05, 0.1) is 0 Å². The van der Waals surface area contributed by atoms with Crippen molar-refractivity contribution in [3.8, 4) is 0 Å². The molecule has 0 spiro atoms. The molecule has 2 aromatic rings. The largest absolute Gasteiger partial charge is 0.312 e. The van der Waals surface area contributed by atoms with Gasteiger partial charge in [-0.15, -0.1) is 0 Å². The Hall–Kier alpha value is -1.80. The summed E-state index contributed by atoms with van der Waals surface area (Å²) in [6, 6.07) is 15.9. The van der Waals surface area contributed by atoms with Gasteiger partial charge in [-0.05, 0) is 48.6 Å². The number of carbonyl (C=O) groups is 1. The third-order valence-corrected chi connectivity index (χ3v) is 4.20. The number of aryl methyl sites for hydroxylation is 2. The van der Waals surface area contributed by atoms with Gasteiger partial charge in [0.2, 0.25) is 5.91 Å². The van der Waals surface area contributed by atoms with Crippen molar-refractivity contribution >= 4 is 23.2 Å². The monoisotopic (exact) mass is 299 g/mol. The summed E-state index contributed by atoms with van der Waals surface area (Å²) in [6.45, 7) is 0.830. The molecule has 1 aliphatic rings. The molecule has 3 heteroatoms. The molecule has 21 heavy (non-hydrogen) atoms. The van der Waals surface area contributed by atoms with Crippen LogP contribution in [0.4, 0.5) is 5.69 Å². The number of rotatable bonds is 3. The van der Waals surface area contributed by atoms with Crippen molar-refractivity contribution in [3.63, 3.8) is 0 Å². The minimum atomic E-state index is 0.206. The molecule has 0 bridgehead atoms. The number of fused-ring (bicyclic) bond motifs is 1. The molecular formula is C18H18ClNO. The fourth-order valence-corrected chi connectivity index (χ4v) is 2.96. The normalized spacial score (nSPS) is 13.9. The van der Waals surface area contributed by atoms with Crippen molar-refractivity contribution in [2.75, 3.05) is 11.4 Å². The molecule has 1 heterocycles. The highest BCUT2D eigenvalue weighted by Gasteiger charge is 2.21. The van der Waals surface area contributed by atoms with E-state index in [0.717, 1.165) is 42.1 Å². The van der Waals surface area contributed by atoms with Gasteiger partial charge in [0.1, 0.15) is 0 Å². The van der Waals surface area contributed by atoms with E-state index in [1.54, 1.807) is 0 Å². The Morgan fingerprint density at radius 2 is 1.86 bits per heavy atom. The van der Waals surface area contributed by atoms with Crippen molar-refractivity contribution in [1.29, 1.82) is 0 Å². The van der Waals surface area contributed by atoms with Crippen LogP contribution >= 0.6 is 11.6 Å². The second kappa shape index (κ2) is 6.31. The Labute approximate surface area is 130 Å². The lowest BCUT2D eigenvalue weighted by Crippen LogP contribution is -2.35. The Kier molecular flexibility index (Phi) is 4.26. The predicted molar refractivity (Wildman–Crippen MR) is 86.9 cm³/mol. The number of amides is 1. The van der Waals surface area contributed by atoms with Gasteiger partial charge in [-0.2, -0.15) is 0 Å². The van der Waals surface area contributed by atoms with Crippen LogP contribution in [0.25, 0.3) is 0 Å². The van der Waals surface area contributed by atoms with Crippen LogP contribution in [0, 0.1) is 0 Å². The SMILES string of the molecule is O=C(CCc1ccc(Cl)cc1)N1CCCc2ccccc21. The first-order valence-electron chi connectivity index (χ1n) is 7.37. The van der Waals surface area contributed by atoms with E-state index < -0.39 is 0 Å². The van der Waals surface area contributed by atoms with Crippen molar-refractivity contribution < 1.29 is 4.79 Å². The highest BCUT2D eigenvalue weighted by atomic mass is 35.5. The first-order chi connectivity index (χ1) is 10.2. The summed E-state index contributed by atoms with van der Waals surface area (Å²) in [5.41, 5.74) is 3.52. The molecule has 3 rings (SSSR count). The number of hydrogen-bond acceptors (Lipinski definition) is 1. The van der Waals surface area contributed by atoms with Gasteiger partial charge in [-0.25, -0.2) is 0 Å². The molecule has 0 N–H and O–H groups in total. The number of hydrogen-bond donors (Lipinski definition) is 0. The van der Waals surface area contributed by atoms with E-state index in [-0.39, 0.29) is 5.91 Å². The van der Waals surface area contributed by atoms with Crippen LogP contribution in [0.15, 0.2) is 48.5 Å². The van der Waals surface area contributed by atoms with E-state index in [2.05, 4.69) is 12.1 Å².